The van der Waals surface area contributed by atoms with Gasteiger partial charge < -0.3 is 10.1 Å². The van der Waals surface area contributed by atoms with Gasteiger partial charge in [0.25, 0.3) is 0 Å². The largest absolute Gasteiger partial charge is 0.494 e. The van der Waals surface area contributed by atoms with Crippen LogP contribution in [0.4, 0.5) is 15.6 Å². The first-order valence-corrected chi connectivity index (χ1v) is 10.8. The molecule has 2 amide bonds. The number of carbonyl (C=O) groups excluding carboxylic acids is 1. The number of hydrogen-bond acceptors (Lipinski definition) is 6. The molecule has 1 aliphatic rings. The van der Waals surface area contributed by atoms with Crippen LogP contribution in [-0.4, -0.2) is 43.1 Å². The van der Waals surface area contributed by atoms with Gasteiger partial charge in [0, 0.05) is 30.1 Å². The number of rotatable bonds is 5. The van der Waals surface area contributed by atoms with Gasteiger partial charge in [0.15, 0.2) is 5.13 Å². The van der Waals surface area contributed by atoms with Gasteiger partial charge in [-0.2, -0.15) is 4.31 Å². The Kier molecular flexibility index (Phi) is 5.44. The first kappa shape index (κ1) is 18.6. The quantitative estimate of drug-likeness (QED) is 0.809. The highest BCUT2D eigenvalue weighted by molar-refractivity contribution is 7.88. The smallest absolute Gasteiger partial charge is 0.325 e. The van der Waals surface area contributed by atoms with Gasteiger partial charge in [-0.3, -0.25) is 5.32 Å². The minimum atomic E-state index is -3.23. The predicted octanol–water partition coefficient (Wildman–Crippen LogP) is 2.50. The molecule has 140 valence electrons. The molecule has 2 aromatic rings. The number of hydrogen-bond donors (Lipinski definition) is 2. The molecule has 1 aromatic carbocycles. The zero-order chi connectivity index (χ0) is 18.7. The third-order valence-corrected chi connectivity index (χ3v) is 6.06. The van der Waals surface area contributed by atoms with Gasteiger partial charge >= 0.3 is 6.03 Å². The Labute approximate surface area is 156 Å². The molecule has 0 spiro atoms. The molecule has 1 aliphatic heterocycles. The number of carbonyl (C=O) groups is 1. The molecular weight excluding hydrogens is 376 g/mol. The van der Waals surface area contributed by atoms with E-state index in [1.165, 1.54) is 21.9 Å². The third kappa shape index (κ3) is 4.51. The molecule has 0 bridgehead atoms. The van der Waals surface area contributed by atoms with Crippen LogP contribution in [0.2, 0.25) is 0 Å². The number of fused-ring (bicyclic) bond motifs is 1. The second-order valence-electron chi connectivity index (χ2n) is 5.77. The van der Waals surface area contributed by atoms with Crippen molar-refractivity contribution in [3.8, 4) is 5.75 Å². The SMILES string of the molecule is CCOc1ccc(NC(=O)Nc2nc3c(s2)CN(S(C)(=O)=O)CC3)cc1. The average molecular weight is 396 g/mol. The lowest BCUT2D eigenvalue weighted by atomic mass is 10.2. The molecular formula is C16H20N4O4S2. The van der Waals surface area contributed by atoms with Crippen LogP contribution >= 0.6 is 11.3 Å². The maximum Gasteiger partial charge on any atom is 0.325 e. The first-order valence-electron chi connectivity index (χ1n) is 8.09. The van der Waals surface area contributed by atoms with E-state index in [2.05, 4.69) is 15.6 Å². The highest BCUT2D eigenvalue weighted by Gasteiger charge is 2.26. The summed E-state index contributed by atoms with van der Waals surface area (Å²) in [5.41, 5.74) is 1.47. The summed E-state index contributed by atoms with van der Waals surface area (Å²) in [4.78, 5) is 17.4. The summed E-state index contributed by atoms with van der Waals surface area (Å²) in [7, 11) is -3.23. The number of sulfonamides is 1. The third-order valence-electron chi connectivity index (χ3n) is 3.81. The summed E-state index contributed by atoms with van der Waals surface area (Å²) in [5.74, 6) is 0.737. The Balaban J connectivity index is 1.61. The molecule has 8 nitrogen and oxygen atoms in total. The number of benzene rings is 1. The molecule has 0 saturated heterocycles. The van der Waals surface area contributed by atoms with Crippen molar-refractivity contribution in [2.75, 3.05) is 30.0 Å². The van der Waals surface area contributed by atoms with E-state index in [-0.39, 0.29) is 0 Å². The van der Waals surface area contributed by atoms with Crippen LogP contribution in [0.25, 0.3) is 0 Å². The predicted molar refractivity (Wildman–Crippen MR) is 101 cm³/mol. The van der Waals surface area contributed by atoms with Crippen molar-refractivity contribution in [2.24, 2.45) is 0 Å². The maximum absolute atomic E-state index is 12.1. The lowest BCUT2D eigenvalue weighted by Gasteiger charge is -2.23. The number of ether oxygens (including phenoxy) is 1. The van der Waals surface area contributed by atoms with Crippen LogP contribution in [0.1, 0.15) is 17.5 Å². The Morgan fingerprint density at radius 2 is 2.04 bits per heavy atom. The topological polar surface area (TPSA) is 101 Å². The molecule has 1 aromatic heterocycles. The summed E-state index contributed by atoms with van der Waals surface area (Å²) in [5, 5.41) is 5.88. The second kappa shape index (κ2) is 7.60. The van der Waals surface area contributed by atoms with E-state index in [1.807, 2.05) is 6.92 Å². The number of thiazole rings is 1. The van der Waals surface area contributed by atoms with Crippen molar-refractivity contribution >= 4 is 38.2 Å². The Morgan fingerprint density at radius 1 is 1.31 bits per heavy atom. The molecule has 0 radical (unpaired) electrons. The summed E-state index contributed by atoms with van der Waals surface area (Å²) in [6.45, 7) is 3.20. The normalized spacial score (nSPS) is 14.5. The number of nitrogens with one attached hydrogen (secondary N) is 2. The summed E-state index contributed by atoms with van der Waals surface area (Å²) in [6.07, 6.45) is 1.74. The minimum absolute atomic E-state index is 0.300. The number of urea groups is 1. The number of aromatic nitrogens is 1. The van der Waals surface area contributed by atoms with E-state index in [9.17, 15) is 13.2 Å². The van der Waals surface area contributed by atoms with Gasteiger partial charge in [-0.1, -0.05) is 11.3 Å². The van der Waals surface area contributed by atoms with E-state index in [4.69, 9.17) is 4.74 Å². The molecule has 26 heavy (non-hydrogen) atoms. The van der Waals surface area contributed by atoms with Crippen LogP contribution in [0.15, 0.2) is 24.3 Å². The molecule has 2 heterocycles. The second-order valence-corrected chi connectivity index (χ2v) is 8.84. The number of anilines is 2. The van der Waals surface area contributed by atoms with Crippen LogP contribution in [0, 0.1) is 0 Å². The van der Waals surface area contributed by atoms with Gasteiger partial charge in [0.2, 0.25) is 10.0 Å². The van der Waals surface area contributed by atoms with Crippen molar-refractivity contribution in [1.29, 1.82) is 0 Å². The number of amides is 2. The van der Waals surface area contributed by atoms with Crippen LogP contribution in [-0.2, 0) is 23.0 Å². The van der Waals surface area contributed by atoms with Crippen molar-refractivity contribution < 1.29 is 17.9 Å². The number of nitrogens with zero attached hydrogens (tertiary/aromatic N) is 2. The Bertz CT molecular complexity index is 893. The molecule has 10 heteroatoms. The molecule has 0 aliphatic carbocycles. The van der Waals surface area contributed by atoms with Crippen molar-refractivity contribution in [1.82, 2.24) is 9.29 Å². The standard InChI is InChI=1S/C16H20N4O4S2/c1-3-24-12-6-4-11(5-7-12)17-15(21)19-16-18-13-8-9-20(26(2,22)23)10-14(13)25-16/h4-7H,3,8-10H2,1-2H3,(H2,17,18,19,21). The van der Waals surface area contributed by atoms with Crippen molar-refractivity contribution in [3.05, 3.63) is 34.8 Å². The van der Waals surface area contributed by atoms with Gasteiger partial charge in [-0.25, -0.2) is 18.2 Å². The molecule has 3 rings (SSSR count). The molecule has 0 saturated carbocycles. The van der Waals surface area contributed by atoms with Crippen LogP contribution in [0.5, 0.6) is 5.75 Å². The van der Waals surface area contributed by atoms with E-state index in [0.717, 1.165) is 16.3 Å². The average Bonchev–Trinajstić information content (AvgIpc) is 2.97. The highest BCUT2D eigenvalue weighted by atomic mass is 32.2. The molecule has 0 atom stereocenters. The monoisotopic (exact) mass is 396 g/mol. The summed E-state index contributed by atoms with van der Waals surface area (Å²) in [6, 6.07) is 6.66. The van der Waals surface area contributed by atoms with Crippen molar-refractivity contribution in [3.63, 3.8) is 0 Å². The van der Waals surface area contributed by atoms with Gasteiger partial charge in [0.1, 0.15) is 5.75 Å². The minimum Gasteiger partial charge on any atom is -0.494 e. The Morgan fingerprint density at radius 3 is 2.69 bits per heavy atom. The molecule has 2 N–H and O–H groups in total. The lowest BCUT2D eigenvalue weighted by Crippen LogP contribution is -2.34. The lowest BCUT2D eigenvalue weighted by molar-refractivity contribution is 0.262. The zero-order valence-electron chi connectivity index (χ0n) is 14.5. The van der Waals surface area contributed by atoms with Gasteiger partial charge in [-0.15, -0.1) is 0 Å². The zero-order valence-corrected chi connectivity index (χ0v) is 16.1. The van der Waals surface area contributed by atoms with E-state index < -0.39 is 16.1 Å². The highest BCUT2D eigenvalue weighted by Crippen LogP contribution is 2.29. The maximum atomic E-state index is 12.1. The fraction of sp³-hybridized carbons (Fsp3) is 0.375. The van der Waals surface area contributed by atoms with Crippen LogP contribution in [0.3, 0.4) is 0 Å². The van der Waals surface area contributed by atoms with E-state index in [1.54, 1.807) is 24.3 Å². The van der Waals surface area contributed by atoms with E-state index >= 15 is 0 Å². The first-order chi connectivity index (χ1) is 12.3. The molecule has 0 fully saturated rings. The van der Waals surface area contributed by atoms with Crippen LogP contribution < -0.4 is 15.4 Å². The van der Waals surface area contributed by atoms with Gasteiger partial charge in [0.05, 0.1) is 18.6 Å². The summed E-state index contributed by atoms with van der Waals surface area (Å²) >= 11 is 1.29. The fourth-order valence-corrected chi connectivity index (χ4v) is 4.46. The van der Waals surface area contributed by atoms with Gasteiger partial charge in [-0.05, 0) is 31.2 Å². The summed E-state index contributed by atoms with van der Waals surface area (Å²) < 4.78 is 30.1. The fourth-order valence-electron chi connectivity index (χ4n) is 2.57. The molecule has 0 unspecified atom stereocenters. The van der Waals surface area contributed by atoms with E-state index in [0.29, 0.717) is 36.9 Å². The Hall–Kier alpha value is -2.17. The van der Waals surface area contributed by atoms with Crippen molar-refractivity contribution in [2.45, 2.75) is 19.9 Å².